The molecule has 0 saturated heterocycles. The molecule has 13 heavy (non-hydrogen) atoms. The largest absolute Gasteiger partial charge is 0.393 e. The first kappa shape index (κ1) is 11.0. The fourth-order valence-corrected chi connectivity index (χ4v) is 2.36. The maximum atomic E-state index is 9.85. The molecule has 0 amide bonds. The Morgan fingerprint density at radius 2 is 1.85 bits per heavy atom. The number of aliphatic hydroxyl groups is 1. The van der Waals surface area contributed by atoms with Gasteiger partial charge in [-0.25, -0.2) is 0 Å². The molecule has 1 heteroatoms. The molecule has 0 spiro atoms. The van der Waals surface area contributed by atoms with E-state index in [-0.39, 0.29) is 6.10 Å². The van der Waals surface area contributed by atoms with Gasteiger partial charge in [-0.3, -0.25) is 0 Å². The highest BCUT2D eigenvalue weighted by atomic mass is 16.3. The highest BCUT2D eigenvalue weighted by Crippen LogP contribution is 2.27. The van der Waals surface area contributed by atoms with E-state index >= 15 is 0 Å². The molecule has 0 aromatic carbocycles. The summed E-state index contributed by atoms with van der Waals surface area (Å²) in [6.45, 7) is 2.24. The van der Waals surface area contributed by atoms with E-state index in [2.05, 4.69) is 6.92 Å². The molecule has 0 aromatic heterocycles. The third-order valence-corrected chi connectivity index (χ3v) is 3.30. The summed E-state index contributed by atoms with van der Waals surface area (Å²) in [4.78, 5) is 0. The average molecular weight is 184 g/mol. The van der Waals surface area contributed by atoms with Crippen molar-refractivity contribution in [1.29, 1.82) is 0 Å². The molecule has 78 valence electrons. The summed E-state index contributed by atoms with van der Waals surface area (Å²) in [6.07, 6.45) is 11.5. The standard InChI is InChI=1S/C12H24O/c1-2-3-5-8-11-9-6-4-7-10-12(11)13/h11-13H,2-10H2,1H3. The van der Waals surface area contributed by atoms with Crippen LogP contribution in [0.15, 0.2) is 0 Å². The van der Waals surface area contributed by atoms with Gasteiger partial charge in [0.05, 0.1) is 6.10 Å². The van der Waals surface area contributed by atoms with Gasteiger partial charge in [0.15, 0.2) is 0 Å². The van der Waals surface area contributed by atoms with Crippen LogP contribution in [-0.4, -0.2) is 11.2 Å². The van der Waals surface area contributed by atoms with Crippen LogP contribution >= 0.6 is 0 Å². The molecule has 2 atom stereocenters. The van der Waals surface area contributed by atoms with Gasteiger partial charge >= 0.3 is 0 Å². The summed E-state index contributed by atoms with van der Waals surface area (Å²) in [7, 11) is 0. The number of aliphatic hydroxyl groups excluding tert-OH is 1. The van der Waals surface area contributed by atoms with E-state index in [1.54, 1.807) is 0 Å². The van der Waals surface area contributed by atoms with Crippen LogP contribution in [0.5, 0.6) is 0 Å². The molecule has 1 nitrogen and oxygen atoms in total. The lowest BCUT2D eigenvalue weighted by atomic mass is 9.91. The van der Waals surface area contributed by atoms with E-state index in [4.69, 9.17) is 0 Å². The molecule has 1 saturated carbocycles. The van der Waals surface area contributed by atoms with E-state index in [9.17, 15) is 5.11 Å². The van der Waals surface area contributed by atoms with Crippen LogP contribution in [0.2, 0.25) is 0 Å². The van der Waals surface area contributed by atoms with Gasteiger partial charge in [-0.05, 0) is 25.2 Å². The number of rotatable bonds is 4. The third-order valence-electron chi connectivity index (χ3n) is 3.30. The normalized spacial score (nSPS) is 30.0. The second-order valence-corrected chi connectivity index (χ2v) is 4.46. The van der Waals surface area contributed by atoms with Crippen molar-refractivity contribution in [3.05, 3.63) is 0 Å². The van der Waals surface area contributed by atoms with E-state index in [1.165, 1.54) is 51.4 Å². The number of hydrogen-bond donors (Lipinski definition) is 1. The molecule has 1 aliphatic rings. The molecular weight excluding hydrogens is 160 g/mol. The van der Waals surface area contributed by atoms with Gasteiger partial charge in [0.25, 0.3) is 0 Å². The molecular formula is C12H24O. The summed E-state index contributed by atoms with van der Waals surface area (Å²) in [5.41, 5.74) is 0. The van der Waals surface area contributed by atoms with Gasteiger partial charge in [-0.15, -0.1) is 0 Å². The fourth-order valence-electron chi connectivity index (χ4n) is 2.36. The monoisotopic (exact) mass is 184 g/mol. The topological polar surface area (TPSA) is 20.2 Å². The van der Waals surface area contributed by atoms with Crippen LogP contribution in [0.1, 0.15) is 64.7 Å². The van der Waals surface area contributed by atoms with Gasteiger partial charge in [0.1, 0.15) is 0 Å². The van der Waals surface area contributed by atoms with Crippen molar-refractivity contribution in [2.45, 2.75) is 70.8 Å². The Morgan fingerprint density at radius 3 is 2.62 bits per heavy atom. The summed E-state index contributed by atoms with van der Waals surface area (Å²) >= 11 is 0. The minimum absolute atomic E-state index is 0.0133. The zero-order valence-corrected chi connectivity index (χ0v) is 8.97. The molecule has 0 radical (unpaired) electrons. The Hall–Kier alpha value is -0.0400. The molecule has 0 aliphatic heterocycles. The molecule has 1 N–H and O–H groups in total. The molecule has 0 bridgehead atoms. The van der Waals surface area contributed by atoms with Gasteiger partial charge in [0.2, 0.25) is 0 Å². The van der Waals surface area contributed by atoms with E-state index in [0.29, 0.717) is 5.92 Å². The first-order valence-corrected chi connectivity index (χ1v) is 6.02. The quantitative estimate of drug-likeness (QED) is 0.523. The van der Waals surface area contributed by atoms with Crippen molar-refractivity contribution < 1.29 is 5.11 Å². The van der Waals surface area contributed by atoms with E-state index in [0.717, 1.165) is 6.42 Å². The predicted molar refractivity (Wildman–Crippen MR) is 56.7 cm³/mol. The second-order valence-electron chi connectivity index (χ2n) is 4.46. The average Bonchev–Trinajstić information content (AvgIpc) is 2.32. The van der Waals surface area contributed by atoms with Crippen LogP contribution < -0.4 is 0 Å². The van der Waals surface area contributed by atoms with Crippen molar-refractivity contribution in [1.82, 2.24) is 0 Å². The molecule has 2 unspecified atom stereocenters. The Bertz CT molecular complexity index is 122. The van der Waals surface area contributed by atoms with Crippen molar-refractivity contribution in [2.75, 3.05) is 0 Å². The summed E-state index contributed by atoms with van der Waals surface area (Å²) < 4.78 is 0. The van der Waals surface area contributed by atoms with Gasteiger partial charge in [-0.2, -0.15) is 0 Å². The summed E-state index contributed by atoms with van der Waals surface area (Å²) in [6, 6.07) is 0. The first-order chi connectivity index (χ1) is 6.34. The number of hydrogen-bond acceptors (Lipinski definition) is 1. The third kappa shape index (κ3) is 4.12. The predicted octanol–water partition coefficient (Wildman–Crippen LogP) is 3.51. The van der Waals surface area contributed by atoms with E-state index < -0.39 is 0 Å². The second kappa shape index (κ2) is 6.42. The van der Waals surface area contributed by atoms with Crippen molar-refractivity contribution >= 4 is 0 Å². The van der Waals surface area contributed by atoms with Gasteiger partial charge < -0.3 is 5.11 Å². The highest BCUT2D eigenvalue weighted by molar-refractivity contribution is 4.72. The maximum absolute atomic E-state index is 9.85. The Labute approximate surface area is 82.5 Å². The Kier molecular flexibility index (Phi) is 5.45. The minimum Gasteiger partial charge on any atom is -0.393 e. The first-order valence-electron chi connectivity index (χ1n) is 6.02. The lowest BCUT2D eigenvalue weighted by molar-refractivity contribution is 0.0943. The zero-order chi connectivity index (χ0) is 9.52. The number of unbranched alkanes of at least 4 members (excludes halogenated alkanes) is 2. The van der Waals surface area contributed by atoms with Crippen LogP contribution in [-0.2, 0) is 0 Å². The maximum Gasteiger partial charge on any atom is 0.0568 e. The Morgan fingerprint density at radius 1 is 1.08 bits per heavy atom. The van der Waals surface area contributed by atoms with E-state index in [1.807, 2.05) is 0 Å². The molecule has 0 heterocycles. The van der Waals surface area contributed by atoms with Crippen molar-refractivity contribution in [3.63, 3.8) is 0 Å². The molecule has 1 rings (SSSR count). The summed E-state index contributed by atoms with van der Waals surface area (Å²) in [5, 5.41) is 9.85. The fraction of sp³-hybridized carbons (Fsp3) is 1.00. The zero-order valence-electron chi connectivity index (χ0n) is 8.97. The smallest absolute Gasteiger partial charge is 0.0568 e. The summed E-state index contributed by atoms with van der Waals surface area (Å²) in [5.74, 6) is 0.619. The SMILES string of the molecule is CCCCCC1CCCCCC1O. The van der Waals surface area contributed by atoms with Gasteiger partial charge in [-0.1, -0.05) is 45.4 Å². The van der Waals surface area contributed by atoms with Crippen molar-refractivity contribution in [2.24, 2.45) is 5.92 Å². The van der Waals surface area contributed by atoms with Crippen molar-refractivity contribution in [3.8, 4) is 0 Å². The lowest BCUT2D eigenvalue weighted by Gasteiger charge is -2.19. The molecule has 1 aliphatic carbocycles. The highest BCUT2D eigenvalue weighted by Gasteiger charge is 2.20. The molecule has 1 fully saturated rings. The Balaban J connectivity index is 2.19. The molecule has 0 aromatic rings. The van der Waals surface area contributed by atoms with Crippen LogP contribution in [0, 0.1) is 5.92 Å². The van der Waals surface area contributed by atoms with Crippen LogP contribution in [0.4, 0.5) is 0 Å². The van der Waals surface area contributed by atoms with Crippen LogP contribution in [0.25, 0.3) is 0 Å². The van der Waals surface area contributed by atoms with Crippen LogP contribution in [0.3, 0.4) is 0 Å². The van der Waals surface area contributed by atoms with Gasteiger partial charge in [0, 0.05) is 0 Å². The lowest BCUT2D eigenvalue weighted by Crippen LogP contribution is -2.18. The minimum atomic E-state index is 0.0133.